The first-order valence-corrected chi connectivity index (χ1v) is 11.2. The summed E-state index contributed by atoms with van der Waals surface area (Å²) in [4.78, 5) is 39.9. The molecule has 3 amide bonds. The number of thioether (sulfide) groups is 1. The normalized spacial score (nSPS) is 23.6. The summed E-state index contributed by atoms with van der Waals surface area (Å²) in [6.45, 7) is 3.47. The van der Waals surface area contributed by atoms with E-state index in [2.05, 4.69) is 10.6 Å². The lowest BCUT2D eigenvalue weighted by Gasteiger charge is -2.39. The third kappa shape index (κ3) is 4.93. The molecule has 7 nitrogen and oxygen atoms in total. The molecule has 3 heterocycles. The molecule has 32 heavy (non-hydrogen) atoms. The second kappa shape index (κ2) is 9.14. The van der Waals surface area contributed by atoms with Gasteiger partial charge < -0.3 is 15.1 Å². The third-order valence-electron chi connectivity index (χ3n) is 5.86. The van der Waals surface area contributed by atoms with Crippen LogP contribution in [-0.2, 0) is 15.8 Å². The SMILES string of the molecule is O=C1NC(=O)/C(=C\c2cc(C(F)(F)F)ccc2N2CCN(C(=O)C3CCCNC3)CC2)S1. The van der Waals surface area contributed by atoms with E-state index in [0.29, 0.717) is 50.2 Å². The number of alkyl halides is 3. The minimum Gasteiger partial charge on any atom is -0.367 e. The van der Waals surface area contributed by atoms with Gasteiger partial charge in [-0.1, -0.05) is 0 Å². The van der Waals surface area contributed by atoms with Crippen molar-refractivity contribution < 1.29 is 27.6 Å². The number of nitrogens with zero attached hydrogens (tertiary/aromatic N) is 2. The zero-order valence-corrected chi connectivity index (χ0v) is 18.0. The number of imide groups is 1. The fraction of sp³-hybridized carbons (Fsp3) is 0.476. The fourth-order valence-electron chi connectivity index (χ4n) is 4.19. The molecular formula is C21H23F3N4O3S. The van der Waals surface area contributed by atoms with Gasteiger partial charge in [-0.05, 0) is 61.0 Å². The van der Waals surface area contributed by atoms with Gasteiger partial charge in [-0.15, -0.1) is 0 Å². The smallest absolute Gasteiger partial charge is 0.367 e. The van der Waals surface area contributed by atoms with Crippen LogP contribution in [0.3, 0.4) is 0 Å². The summed E-state index contributed by atoms with van der Waals surface area (Å²) in [6.07, 6.45) is -1.39. The van der Waals surface area contributed by atoms with Gasteiger partial charge in [-0.3, -0.25) is 19.7 Å². The van der Waals surface area contributed by atoms with Crippen molar-refractivity contribution >= 4 is 40.6 Å². The summed E-state index contributed by atoms with van der Waals surface area (Å²) >= 11 is 0.660. The molecule has 0 aliphatic carbocycles. The molecule has 1 atom stereocenters. The molecule has 3 aliphatic heterocycles. The summed E-state index contributed by atoms with van der Waals surface area (Å²) in [7, 11) is 0. The number of anilines is 1. The fourth-order valence-corrected chi connectivity index (χ4v) is 4.86. The highest BCUT2D eigenvalue weighted by molar-refractivity contribution is 8.18. The van der Waals surface area contributed by atoms with Crippen molar-refractivity contribution in [3.8, 4) is 0 Å². The molecule has 0 spiro atoms. The summed E-state index contributed by atoms with van der Waals surface area (Å²) < 4.78 is 39.9. The number of hydrogen-bond acceptors (Lipinski definition) is 6. The average molecular weight is 469 g/mol. The molecule has 1 aromatic rings. The molecular weight excluding hydrogens is 445 g/mol. The van der Waals surface area contributed by atoms with Crippen LogP contribution in [-0.4, -0.2) is 61.2 Å². The van der Waals surface area contributed by atoms with Gasteiger partial charge in [0.1, 0.15) is 0 Å². The molecule has 3 saturated heterocycles. The largest absolute Gasteiger partial charge is 0.416 e. The Morgan fingerprint density at radius 3 is 2.50 bits per heavy atom. The van der Waals surface area contributed by atoms with E-state index in [9.17, 15) is 27.6 Å². The summed E-state index contributed by atoms with van der Waals surface area (Å²) in [5.41, 5.74) is -0.0884. The van der Waals surface area contributed by atoms with E-state index >= 15 is 0 Å². The average Bonchev–Trinajstić information content (AvgIpc) is 3.10. The molecule has 0 saturated carbocycles. The Morgan fingerprint density at radius 2 is 1.91 bits per heavy atom. The summed E-state index contributed by atoms with van der Waals surface area (Å²) in [5.74, 6) is -0.541. The highest BCUT2D eigenvalue weighted by Gasteiger charge is 2.33. The van der Waals surface area contributed by atoms with Crippen molar-refractivity contribution in [1.82, 2.24) is 15.5 Å². The van der Waals surface area contributed by atoms with Gasteiger partial charge >= 0.3 is 6.18 Å². The number of rotatable bonds is 3. The number of piperazine rings is 1. The van der Waals surface area contributed by atoms with Crippen LogP contribution in [0.5, 0.6) is 0 Å². The van der Waals surface area contributed by atoms with Crippen molar-refractivity contribution in [3.05, 3.63) is 34.2 Å². The lowest BCUT2D eigenvalue weighted by Crippen LogP contribution is -2.52. The number of nitrogens with one attached hydrogen (secondary N) is 2. The Bertz CT molecular complexity index is 952. The first kappa shape index (κ1) is 22.7. The lowest BCUT2D eigenvalue weighted by atomic mass is 9.97. The lowest BCUT2D eigenvalue weighted by molar-refractivity contribution is -0.138. The van der Waals surface area contributed by atoms with Crippen LogP contribution in [0, 0.1) is 5.92 Å². The zero-order valence-electron chi connectivity index (χ0n) is 17.2. The van der Waals surface area contributed by atoms with Crippen molar-refractivity contribution in [3.63, 3.8) is 0 Å². The van der Waals surface area contributed by atoms with Gasteiger partial charge in [0.05, 0.1) is 16.4 Å². The standard InChI is InChI=1S/C21H23F3N4O3S/c22-21(23,24)15-3-4-16(14(10-15)11-17-18(29)26-20(31)32-17)27-6-8-28(9-7-27)19(30)13-2-1-5-25-12-13/h3-4,10-11,13,25H,1-2,5-9,12H2,(H,26,29,31)/b17-11+. The van der Waals surface area contributed by atoms with Gasteiger partial charge in [0, 0.05) is 38.4 Å². The maximum absolute atomic E-state index is 13.3. The molecule has 2 N–H and O–H groups in total. The molecule has 1 aromatic carbocycles. The van der Waals surface area contributed by atoms with Crippen LogP contribution in [0.1, 0.15) is 24.0 Å². The van der Waals surface area contributed by atoms with E-state index in [0.717, 1.165) is 31.5 Å². The van der Waals surface area contributed by atoms with E-state index in [1.807, 2.05) is 9.80 Å². The number of amides is 3. The predicted molar refractivity (Wildman–Crippen MR) is 115 cm³/mol. The van der Waals surface area contributed by atoms with Crippen LogP contribution in [0.4, 0.5) is 23.7 Å². The first-order chi connectivity index (χ1) is 15.2. The minimum atomic E-state index is -4.54. The van der Waals surface area contributed by atoms with E-state index in [-0.39, 0.29) is 22.3 Å². The Labute approximate surface area is 187 Å². The number of piperidine rings is 1. The molecule has 0 bridgehead atoms. The van der Waals surface area contributed by atoms with Crippen molar-refractivity contribution in [2.75, 3.05) is 44.2 Å². The highest BCUT2D eigenvalue weighted by Crippen LogP contribution is 2.36. The van der Waals surface area contributed by atoms with Crippen LogP contribution in [0.25, 0.3) is 6.08 Å². The van der Waals surface area contributed by atoms with Gasteiger partial charge in [-0.25, -0.2) is 0 Å². The Morgan fingerprint density at radius 1 is 1.16 bits per heavy atom. The van der Waals surface area contributed by atoms with Gasteiger partial charge in [0.25, 0.3) is 11.1 Å². The predicted octanol–water partition coefficient (Wildman–Crippen LogP) is 2.68. The molecule has 3 aliphatic rings. The number of carbonyl (C=O) groups is 3. The van der Waals surface area contributed by atoms with Gasteiger partial charge in [0.15, 0.2) is 0 Å². The first-order valence-electron chi connectivity index (χ1n) is 10.4. The topological polar surface area (TPSA) is 81.8 Å². The van der Waals surface area contributed by atoms with Gasteiger partial charge in [0.2, 0.25) is 5.91 Å². The van der Waals surface area contributed by atoms with Crippen LogP contribution in [0.15, 0.2) is 23.1 Å². The quantitative estimate of drug-likeness (QED) is 0.664. The van der Waals surface area contributed by atoms with Crippen molar-refractivity contribution in [2.24, 2.45) is 5.92 Å². The molecule has 0 aromatic heterocycles. The monoisotopic (exact) mass is 468 g/mol. The van der Waals surface area contributed by atoms with Gasteiger partial charge in [-0.2, -0.15) is 13.2 Å². The summed E-state index contributed by atoms with van der Waals surface area (Å²) in [6, 6.07) is 3.39. The molecule has 11 heteroatoms. The van der Waals surface area contributed by atoms with E-state index in [1.54, 1.807) is 0 Å². The number of benzene rings is 1. The van der Waals surface area contributed by atoms with E-state index in [1.165, 1.54) is 12.1 Å². The second-order valence-electron chi connectivity index (χ2n) is 7.98. The molecule has 3 fully saturated rings. The molecule has 4 rings (SSSR count). The maximum Gasteiger partial charge on any atom is 0.416 e. The number of carbonyl (C=O) groups excluding carboxylic acids is 3. The zero-order chi connectivity index (χ0) is 22.9. The van der Waals surface area contributed by atoms with Crippen LogP contribution >= 0.6 is 11.8 Å². The Hall–Kier alpha value is -2.53. The number of halogens is 3. The molecule has 172 valence electrons. The van der Waals surface area contributed by atoms with E-state index in [4.69, 9.17) is 0 Å². The Kier molecular flexibility index (Phi) is 6.47. The van der Waals surface area contributed by atoms with E-state index < -0.39 is 22.9 Å². The molecule has 0 radical (unpaired) electrons. The Balaban J connectivity index is 1.54. The maximum atomic E-state index is 13.3. The summed E-state index contributed by atoms with van der Waals surface area (Å²) in [5, 5.41) is 4.80. The van der Waals surface area contributed by atoms with Crippen LogP contribution in [0.2, 0.25) is 0 Å². The molecule has 1 unspecified atom stereocenters. The highest BCUT2D eigenvalue weighted by atomic mass is 32.2. The van der Waals surface area contributed by atoms with Crippen LogP contribution < -0.4 is 15.5 Å². The van der Waals surface area contributed by atoms with Crippen molar-refractivity contribution in [2.45, 2.75) is 19.0 Å². The third-order valence-corrected chi connectivity index (χ3v) is 6.67. The van der Waals surface area contributed by atoms with Crippen molar-refractivity contribution in [1.29, 1.82) is 0 Å². The second-order valence-corrected chi connectivity index (χ2v) is 8.99. The number of hydrogen-bond donors (Lipinski definition) is 2. The minimum absolute atomic E-state index is 0.0305.